The smallest absolute Gasteiger partial charge is 0.408 e. The van der Waals surface area contributed by atoms with Crippen LogP contribution in [-0.2, 0) is 35.2 Å². The first kappa shape index (κ1) is 26.9. The average molecular weight is 494 g/mol. The molecule has 1 N–H and O–H groups in total. The summed E-state index contributed by atoms with van der Waals surface area (Å²) >= 11 is 0. The maximum atomic E-state index is 13.0. The minimum atomic E-state index is -0.955. The number of esters is 2. The van der Waals surface area contributed by atoms with E-state index in [2.05, 4.69) is 11.9 Å². The van der Waals surface area contributed by atoms with E-state index in [1.165, 1.54) is 11.1 Å². The number of carbonyl (C=O) groups excluding carboxylic acids is 4. The van der Waals surface area contributed by atoms with Gasteiger partial charge in [-0.15, -0.1) is 12.4 Å². The molecule has 11 heteroatoms. The fraction of sp³-hybridized carbons (Fsp3) is 0.391. The molecule has 0 aliphatic carbocycles. The van der Waals surface area contributed by atoms with E-state index in [9.17, 15) is 19.2 Å². The van der Waals surface area contributed by atoms with Crippen LogP contribution in [0.5, 0.6) is 0 Å². The third-order valence-corrected chi connectivity index (χ3v) is 4.70. The largest absolute Gasteiger partial charge is 0.457 e. The number of amides is 2. The molecule has 1 saturated heterocycles. The molecule has 1 fully saturated rings. The molecule has 2 heterocycles. The number of hydrazine groups is 1. The monoisotopic (exact) mass is 493 g/mol. The van der Waals surface area contributed by atoms with Gasteiger partial charge in [-0.2, -0.15) is 0 Å². The number of nitrogens with one attached hydrogen (secondary N) is 1. The summed E-state index contributed by atoms with van der Waals surface area (Å²) in [6.07, 6.45) is 0.613. The van der Waals surface area contributed by atoms with E-state index < -0.39 is 35.6 Å². The molecule has 2 aliphatic rings. The number of hydrogen-bond acceptors (Lipinski definition) is 8. The fourth-order valence-corrected chi connectivity index (χ4v) is 3.37. The predicted octanol–water partition coefficient (Wildman–Crippen LogP) is 2.10. The van der Waals surface area contributed by atoms with Gasteiger partial charge in [-0.05, 0) is 26.3 Å². The second kappa shape index (κ2) is 11.2. The standard InChI is InChI=1S/C23H27N3O7.ClH/c1-5-11-31-21(29)18-16(20(28)32-14-15-9-7-6-8-10-15)12-25-13-17(19(27)26(18)25)24-22(30)33-23(2,3)4;/h5-10,17H,1,11-14H2,2-4H3,(H,24,30);1H. The Bertz CT molecular complexity index is 988. The van der Waals surface area contributed by atoms with Gasteiger partial charge in [0.25, 0.3) is 5.91 Å². The van der Waals surface area contributed by atoms with Crippen LogP contribution >= 0.6 is 12.4 Å². The summed E-state index contributed by atoms with van der Waals surface area (Å²) in [4.78, 5) is 50.7. The molecule has 0 aromatic heterocycles. The van der Waals surface area contributed by atoms with Gasteiger partial charge in [0.1, 0.15) is 24.9 Å². The van der Waals surface area contributed by atoms with E-state index in [-0.39, 0.29) is 50.0 Å². The maximum Gasteiger partial charge on any atom is 0.408 e. The first-order valence-electron chi connectivity index (χ1n) is 10.4. The second-order valence-electron chi connectivity index (χ2n) is 8.47. The SMILES string of the molecule is C=CCOC(=O)C1=C(C(=O)OCc2ccccc2)CN2CC(NC(=O)OC(C)(C)C)C(=O)N12.Cl. The van der Waals surface area contributed by atoms with E-state index in [0.717, 1.165) is 10.6 Å². The van der Waals surface area contributed by atoms with E-state index in [0.29, 0.717) is 0 Å². The zero-order chi connectivity index (χ0) is 24.2. The molecule has 3 rings (SSSR count). The topological polar surface area (TPSA) is 114 Å². The molecule has 0 saturated carbocycles. The summed E-state index contributed by atoms with van der Waals surface area (Å²) in [5, 5.41) is 5.05. The molecule has 34 heavy (non-hydrogen) atoms. The Morgan fingerprint density at radius 1 is 1.15 bits per heavy atom. The summed E-state index contributed by atoms with van der Waals surface area (Å²) in [5.41, 5.74) is -0.187. The normalized spacial score (nSPS) is 17.6. The average Bonchev–Trinajstić information content (AvgIpc) is 3.26. The van der Waals surface area contributed by atoms with Crippen LogP contribution in [0.15, 0.2) is 54.3 Å². The van der Waals surface area contributed by atoms with Crippen molar-refractivity contribution in [3.8, 4) is 0 Å². The van der Waals surface area contributed by atoms with Crippen molar-refractivity contribution in [3.63, 3.8) is 0 Å². The summed E-state index contributed by atoms with van der Waals surface area (Å²) in [6.45, 7) is 8.51. The Morgan fingerprint density at radius 2 is 1.82 bits per heavy atom. The Morgan fingerprint density at radius 3 is 2.44 bits per heavy atom. The lowest BCUT2D eigenvalue weighted by atomic mass is 10.1. The molecule has 0 bridgehead atoms. The van der Waals surface area contributed by atoms with Gasteiger partial charge in [-0.1, -0.05) is 43.0 Å². The van der Waals surface area contributed by atoms with Gasteiger partial charge in [-0.3, -0.25) is 4.79 Å². The number of ether oxygens (including phenoxy) is 3. The quantitative estimate of drug-likeness (QED) is 0.349. The minimum absolute atomic E-state index is 0. The van der Waals surface area contributed by atoms with Crippen LogP contribution in [-0.4, -0.2) is 65.3 Å². The van der Waals surface area contributed by atoms with E-state index in [1.54, 1.807) is 32.9 Å². The number of nitrogens with zero attached hydrogens (tertiary/aromatic N) is 2. The number of halogens is 1. The zero-order valence-electron chi connectivity index (χ0n) is 19.2. The van der Waals surface area contributed by atoms with Crippen LogP contribution in [0, 0.1) is 0 Å². The van der Waals surface area contributed by atoms with Crippen LogP contribution in [0.25, 0.3) is 0 Å². The predicted molar refractivity (Wildman–Crippen MR) is 123 cm³/mol. The van der Waals surface area contributed by atoms with Crippen LogP contribution in [0.2, 0.25) is 0 Å². The number of carbonyl (C=O) groups is 4. The first-order chi connectivity index (χ1) is 15.6. The molecule has 2 amide bonds. The Balaban J connectivity index is 0.00000408. The van der Waals surface area contributed by atoms with Gasteiger partial charge in [0.15, 0.2) is 5.70 Å². The summed E-state index contributed by atoms with van der Waals surface area (Å²) in [5.74, 6) is -2.18. The van der Waals surface area contributed by atoms with Crippen molar-refractivity contribution in [2.24, 2.45) is 0 Å². The highest BCUT2D eigenvalue weighted by molar-refractivity contribution is 6.05. The lowest BCUT2D eigenvalue weighted by Gasteiger charge is -2.21. The molecular formula is C23H28ClN3O7. The lowest BCUT2D eigenvalue weighted by Crippen LogP contribution is -2.45. The molecular weight excluding hydrogens is 466 g/mol. The highest BCUT2D eigenvalue weighted by Crippen LogP contribution is 2.31. The molecule has 2 aliphatic heterocycles. The van der Waals surface area contributed by atoms with E-state index >= 15 is 0 Å². The van der Waals surface area contributed by atoms with Gasteiger partial charge in [0, 0.05) is 6.54 Å². The van der Waals surface area contributed by atoms with Crippen molar-refractivity contribution in [2.75, 3.05) is 19.7 Å². The van der Waals surface area contributed by atoms with E-state index in [4.69, 9.17) is 14.2 Å². The molecule has 1 aromatic rings. The zero-order valence-corrected chi connectivity index (χ0v) is 20.1. The molecule has 10 nitrogen and oxygen atoms in total. The minimum Gasteiger partial charge on any atom is -0.457 e. The van der Waals surface area contributed by atoms with Crippen molar-refractivity contribution in [2.45, 2.75) is 39.0 Å². The summed E-state index contributed by atoms with van der Waals surface area (Å²) in [6, 6.07) is 8.11. The summed E-state index contributed by atoms with van der Waals surface area (Å²) in [7, 11) is 0. The van der Waals surface area contributed by atoms with E-state index in [1.807, 2.05) is 18.2 Å². The van der Waals surface area contributed by atoms with Crippen LogP contribution in [0.3, 0.4) is 0 Å². The Labute approximate surface area is 203 Å². The van der Waals surface area contributed by atoms with Crippen molar-refractivity contribution in [1.82, 2.24) is 15.3 Å². The Hall–Kier alpha value is -3.37. The fourth-order valence-electron chi connectivity index (χ4n) is 3.37. The van der Waals surface area contributed by atoms with Crippen LogP contribution < -0.4 is 5.32 Å². The van der Waals surface area contributed by atoms with Crippen molar-refractivity contribution < 1.29 is 33.4 Å². The number of alkyl carbamates (subject to hydrolysis) is 1. The maximum absolute atomic E-state index is 13.0. The first-order valence-corrected chi connectivity index (χ1v) is 10.4. The van der Waals surface area contributed by atoms with Gasteiger partial charge in [0.05, 0.1) is 12.1 Å². The highest BCUT2D eigenvalue weighted by atomic mass is 35.5. The molecule has 1 atom stereocenters. The van der Waals surface area contributed by atoms with Crippen molar-refractivity contribution in [3.05, 3.63) is 59.8 Å². The number of rotatable bonds is 7. The van der Waals surface area contributed by atoms with Gasteiger partial charge < -0.3 is 19.5 Å². The van der Waals surface area contributed by atoms with Gasteiger partial charge in [0.2, 0.25) is 0 Å². The van der Waals surface area contributed by atoms with Crippen LogP contribution in [0.1, 0.15) is 26.3 Å². The number of fused-ring (bicyclic) bond motifs is 1. The van der Waals surface area contributed by atoms with Gasteiger partial charge in [-0.25, -0.2) is 24.4 Å². The molecule has 0 spiro atoms. The van der Waals surface area contributed by atoms with Crippen LogP contribution in [0.4, 0.5) is 4.79 Å². The second-order valence-corrected chi connectivity index (χ2v) is 8.47. The van der Waals surface area contributed by atoms with Crippen molar-refractivity contribution >= 4 is 36.3 Å². The van der Waals surface area contributed by atoms with Gasteiger partial charge >= 0.3 is 18.0 Å². The molecule has 0 radical (unpaired) electrons. The number of hydrogen-bond donors (Lipinski definition) is 1. The Kier molecular flexibility index (Phi) is 8.83. The highest BCUT2D eigenvalue weighted by Gasteiger charge is 2.50. The van der Waals surface area contributed by atoms with Crippen molar-refractivity contribution in [1.29, 1.82) is 0 Å². The molecule has 1 aromatic carbocycles. The third-order valence-electron chi connectivity index (χ3n) is 4.70. The molecule has 1 unspecified atom stereocenters. The number of benzene rings is 1. The third kappa shape index (κ3) is 6.36. The summed E-state index contributed by atoms with van der Waals surface area (Å²) < 4.78 is 15.7. The molecule has 184 valence electrons. The lowest BCUT2D eigenvalue weighted by molar-refractivity contribution is -0.146.